The number of aromatic hydroxyl groups is 1. The number of phenols is 1. The van der Waals surface area contributed by atoms with Crippen LogP contribution < -0.4 is 14.8 Å². The van der Waals surface area contributed by atoms with E-state index in [1.54, 1.807) is 19.2 Å². The van der Waals surface area contributed by atoms with Gasteiger partial charge >= 0.3 is 5.97 Å². The van der Waals surface area contributed by atoms with E-state index in [-0.39, 0.29) is 16.1 Å². The second-order valence-electron chi connectivity index (χ2n) is 7.62. The zero-order chi connectivity index (χ0) is 27.0. The predicted octanol–water partition coefficient (Wildman–Crippen LogP) is 2.63. The third kappa shape index (κ3) is 7.41. The van der Waals surface area contributed by atoms with Gasteiger partial charge in [-0.25, -0.2) is 13.2 Å². The quantitative estimate of drug-likeness (QED) is 0.192. The molecule has 0 spiro atoms. The van der Waals surface area contributed by atoms with Crippen molar-refractivity contribution >= 4 is 33.3 Å². The molecule has 0 aromatic heterocycles. The van der Waals surface area contributed by atoms with E-state index >= 15 is 0 Å². The number of rotatable bonds is 11. The van der Waals surface area contributed by atoms with Crippen molar-refractivity contribution in [1.82, 2.24) is 5.32 Å². The van der Waals surface area contributed by atoms with Gasteiger partial charge in [-0.2, -0.15) is 0 Å². The lowest BCUT2D eigenvalue weighted by molar-refractivity contribution is -0.385. The summed E-state index contributed by atoms with van der Waals surface area (Å²) in [6.45, 7) is -0.268. The summed E-state index contributed by atoms with van der Waals surface area (Å²) in [7, 11) is -2.65. The maximum atomic E-state index is 12.5. The van der Waals surface area contributed by atoms with Crippen molar-refractivity contribution in [3.63, 3.8) is 0 Å². The van der Waals surface area contributed by atoms with E-state index in [1.165, 1.54) is 18.2 Å². The molecule has 0 aliphatic heterocycles. The molecule has 37 heavy (non-hydrogen) atoms. The Labute approximate surface area is 212 Å². The molecule has 3 rings (SSSR count). The van der Waals surface area contributed by atoms with Crippen molar-refractivity contribution < 1.29 is 37.5 Å². The number of nitro benzene ring substituents is 1. The van der Waals surface area contributed by atoms with Crippen LogP contribution >= 0.6 is 0 Å². The van der Waals surface area contributed by atoms with Crippen LogP contribution in [0.25, 0.3) is 0 Å². The number of esters is 1. The molecule has 12 nitrogen and oxygen atoms in total. The number of benzene rings is 3. The van der Waals surface area contributed by atoms with Crippen molar-refractivity contribution in [2.75, 3.05) is 25.0 Å². The summed E-state index contributed by atoms with van der Waals surface area (Å²) in [6.07, 6.45) is 0.554. The SMILES string of the molecule is COc1ccc(CCNC(=O)COC(=O)c2ccc(NS(=O)(=O)c3cccc([N+](=O)[O-])c3)cc2O)cc1. The second kappa shape index (κ2) is 11.9. The number of ether oxygens (including phenoxy) is 2. The molecule has 0 aliphatic carbocycles. The number of nitro groups is 1. The summed E-state index contributed by atoms with van der Waals surface area (Å²) in [4.78, 5) is 34.1. The van der Waals surface area contributed by atoms with Crippen molar-refractivity contribution in [2.45, 2.75) is 11.3 Å². The molecule has 0 heterocycles. The Morgan fingerprint density at radius 1 is 1.05 bits per heavy atom. The van der Waals surface area contributed by atoms with Gasteiger partial charge in [0.05, 0.1) is 22.6 Å². The number of carbonyl (C=O) groups excluding carboxylic acids is 2. The van der Waals surface area contributed by atoms with Gasteiger partial charge in [-0.05, 0) is 42.3 Å². The van der Waals surface area contributed by atoms with Gasteiger partial charge in [-0.3, -0.25) is 19.6 Å². The number of hydrogen-bond donors (Lipinski definition) is 3. The lowest BCUT2D eigenvalue weighted by Gasteiger charge is -2.11. The molecule has 0 unspecified atom stereocenters. The van der Waals surface area contributed by atoms with Gasteiger partial charge in [0.15, 0.2) is 6.61 Å². The van der Waals surface area contributed by atoms with E-state index < -0.39 is 44.9 Å². The number of phenolic OH excluding ortho intramolecular Hbond substituents is 1. The van der Waals surface area contributed by atoms with Crippen LogP contribution in [0.2, 0.25) is 0 Å². The van der Waals surface area contributed by atoms with Gasteiger partial charge in [0.25, 0.3) is 21.6 Å². The number of hydrogen-bond acceptors (Lipinski definition) is 9. The molecular weight excluding hydrogens is 506 g/mol. The molecule has 0 bridgehead atoms. The molecule has 3 N–H and O–H groups in total. The van der Waals surface area contributed by atoms with Crippen molar-refractivity contribution in [3.8, 4) is 11.5 Å². The Kier molecular flexibility index (Phi) is 8.64. The summed E-state index contributed by atoms with van der Waals surface area (Å²) in [6, 6.07) is 15.0. The fourth-order valence-electron chi connectivity index (χ4n) is 3.14. The first-order chi connectivity index (χ1) is 17.6. The van der Waals surface area contributed by atoms with Gasteiger partial charge in [0, 0.05) is 24.7 Å². The average molecular weight is 530 g/mol. The number of nitrogens with zero attached hydrogens (tertiary/aromatic N) is 1. The van der Waals surface area contributed by atoms with E-state index in [0.717, 1.165) is 35.6 Å². The van der Waals surface area contributed by atoms with Crippen LogP contribution in [-0.4, -0.2) is 50.6 Å². The van der Waals surface area contributed by atoms with Crippen LogP contribution in [0.15, 0.2) is 71.6 Å². The Balaban J connectivity index is 1.53. The summed E-state index contributed by atoms with van der Waals surface area (Å²) in [5, 5.41) is 23.7. The van der Waals surface area contributed by atoms with Crippen molar-refractivity contribution in [1.29, 1.82) is 0 Å². The number of carbonyl (C=O) groups is 2. The number of anilines is 1. The van der Waals surface area contributed by atoms with E-state index in [4.69, 9.17) is 9.47 Å². The number of non-ortho nitro benzene ring substituents is 1. The van der Waals surface area contributed by atoms with E-state index in [2.05, 4.69) is 10.0 Å². The Bertz CT molecular complexity index is 1410. The van der Waals surface area contributed by atoms with Crippen LogP contribution in [0.3, 0.4) is 0 Å². The van der Waals surface area contributed by atoms with E-state index in [9.17, 15) is 33.2 Å². The van der Waals surface area contributed by atoms with Gasteiger partial charge in [0.2, 0.25) is 0 Å². The highest BCUT2D eigenvalue weighted by atomic mass is 32.2. The van der Waals surface area contributed by atoms with Gasteiger partial charge in [-0.1, -0.05) is 18.2 Å². The first-order valence-electron chi connectivity index (χ1n) is 10.8. The molecular formula is C24H23N3O9S. The minimum Gasteiger partial charge on any atom is -0.507 e. The van der Waals surface area contributed by atoms with Crippen LogP contribution in [0.4, 0.5) is 11.4 Å². The standard InChI is InChI=1S/C24H23N3O9S/c1-35-19-8-5-16(6-9-19)11-12-25-23(29)15-36-24(30)21-10-7-17(13-22(21)28)26-37(33,34)20-4-2-3-18(14-20)27(31)32/h2-10,13-14,26,28H,11-12,15H2,1H3,(H,25,29). The first-order valence-corrected chi connectivity index (χ1v) is 12.2. The summed E-state index contributed by atoms with van der Waals surface area (Å²) >= 11 is 0. The van der Waals surface area contributed by atoms with Crippen LogP contribution in [0.5, 0.6) is 11.5 Å². The molecule has 3 aromatic rings. The third-order valence-corrected chi connectivity index (χ3v) is 6.42. The van der Waals surface area contributed by atoms with Gasteiger partial charge < -0.3 is 19.9 Å². The van der Waals surface area contributed by atoms with Crippen LogP contribution in [0, 0.1) is 10.1 Å². The largest absolute Gasteiger partial charge is 0.507 e. The summed E-state index contributed by atoms with van der Waals surface area (Å²) in [5.74, 6) is -1.40. The molecule has 0 fully saturated rings. The molecule has 0 atom stereocenters. The van der Waals surface area contributed by atoms with Crippen molar-refractivity contribution in [3.05, 3.63) is 88.0 Å². The van der Waals surface area contributed by atoms with Gasteiger partial charge in [-0.15, -0.1) is 0 Å². The average Bonchev–Trinajstić information content (AvgIpc) is 2.87. The molecule has 0 saturated heterocycles. The van der Waals surface area contributed by atoms with Crippen molar-refractivity contribution in [2.24, 2.45) is 0 Å². The first kappa shape index (κ1) is 26.9. The normalized spacial score (nSPS) is 10.8. The maximum Gasteiger partial charge on any atom is 0.342 e. The van der Waals surface area contributed by atoms with E-state index in [0.29, 0.717) is 13.0 Å². The van der Waals surface area contributed by atoms with Crippen LogP contribution in [0.1, 0.15) is 15.9 Å². The number of nitrogens with one attached hydrogen (secondary N) is 2. The van der Waals surface area contributed by atoms with Crippen LogP contribution in [-0.2, 0) is 26.0 Å². The number of methoxy groups -OCH3 is 1. The molecule has 194 valence electrons. The summed E-state index contributed by atoms with van der Waals surface area (Å²) < 4.78 is 37.2. The Morgan fingerprint density at radius 3 is 2.43 bits per heavy atom. The lowest BCUT2D eigenvalue weighted by Crippen LogP contribution is -2.30. The fraction of sp³-hybridized carbons (Fsp3) is 0.167. The molecule has 13 heteroatoms. The minimum atomic E-state index is -4.21. The molecule has 0 aliphatic rings. The summed E-state index contributed by atoms with van der Waals surface area (Å²) in [5.41, 5.74) is 0.180. The monoisotopic (exact) mass is 529 g/mol. The highest BCUT2D eigenvalue weighted by Crippen LogP contribution is 2.26. The molecule has 0 saturated carbocycles. The van der Waals surface area contributed by atoms with E-state index in [1.807, 2.05) is 12.1 Å². The lowest BCUT2D eigenvalue weighted by atomic mass is 10.1. The molecule has 0 radical (unpaired) electrons. The zero-order valence-electron chi connectivity index (χ0n) is 19.5. The zero-order valence-corrected chi connectivity index (χ0v) is 20.4. The Morgan fingerprint density at radius 2 is 1.78 bits per heavy atom. The second-order valence-corrected chi connectivity index (χ2v) is 9.30. The number of sulfonamides is 1. The maximum absolute atomic E-state index is 12.5. The highest BCUT2D eigenvalue weighted by molar-refractivity contribution is 7.92. The topological polar surface area (TPSA) is 174 Å². The predicted molar refractivity (Wildman–Crippen MR) is 132 cm³/mol. The third-order valence-electron chi connectivity index (χ3n) is 5.04. The number of amides is 1. The smallest absolute Gasteiger partial charge is 0.342 e. The fourth-order valence-corrected chi connectivity index (χ4v) is 4.23. The molecule has 3 aromatic carbocycles. The minimum absolute atomic E-state index is 0.100. The Hall–Kier alpha value is -4.65. The molecule has 1 amide bonds. The van der Waals surface area contributed by atoms with Gasteiger partial charge in [0.1, 0.15) is 17.1 Å². The highest BCUT2D eigenvalue weighted by Gasteiger charge is 2.20.